The van der Waals surface area contributed by atoms with Gasteiger partial charge in [-0.15, -0.1) is 0 Å². The Labute approximate surface area is 102 Å². The molecule has 2 atom stereocenters. The minimum atomic E-state index is -1.63. The lowest BCUT2D eigenvalue weighted by Crippen LogP contribution is -2.48. The third-order valence-electron chi connectivity index (χ3n) is 3.88. The largest absolute Gasteiger partial charge is 0.479 e. The maximum Gasteiger partial charge on any atom is 0.336 e. The van der Waals surface area contributed by atoms with Gasteiger partial charge >= 0.3 is 5.97 Å². The Balaban J connectivity index is 1.95. The van der Waals surface area contributed by atoms with Gasteiger partial charge in [-0.3, -0.25) is 9.80 Å². The molecule has 2 rings (SSSR count). The van der Waals surface area contributed by atoms with Crippen LogP contribution in [0.25, 0.3) is 0 Å². The number of aliphatic hydroxyl groups is 1. The molecule has 0 aromatic carbocycles. The topological polar surface area (TPSA) is 64.0 Å². The number of fused-ring (bicyclic) bond motifs is 1. The Morgan fingerprint density at radius 2 is 2.06 bits per heavy atom. The van der Waals surface area contributed by atoms with Gasteiger partial charge in [0.25, 0.3) is 0 Å². The molecule has 0 spiro atoms. The molecule has 0 aromatic heterocycles. The molecule has 2 N–H and O–H groups in total. The van der Waals surface area contributed by atoms with Crippen molar-refractivity contribution < 1.29 is 15.0 Å². The van der Waals surface area contributed by atoms with Gasteiger partial charge in [0.1, 0.15) is 0 Å². The van der Waals surface area contributed by atoms with Crippen LogP contribution in [-0.2, 0) is 4.79 Å². The number of rotatable bonds is 3. The summed E-state index contributed by atoms with van der Waals surface area (Å²) in [6.45, 7) is 5.67. The van der Waals surface area contributed by atoms with E-state index in [1.165, 1.54) is 26.3 Å². The first-order chi connectivity index (χ1) is 7.99. The Kier molecular flexibility index (Phi) is 3.70. The van der Waals surface area contributed by atoms with Crippen LogP contribution in [0.5, 0.6) is 0 Å². The van der Waals surface area contributed by atoms with E-state index >= 15 is 0 Å². The van der Waals surface area contributed by atoms with Crippen LogP contribution in [0.15, 0.2) is 0 Å². The second kappa shape index (κ2) is 4.92. The van der Waals surface area contributed by atoms with Crippen LogP contribution in [0.4, 0.5) is 0 Å². The quantitative estimate of drug-likeness (QED) is 0.729. The van der Waals surface area contributed by atoms with Gasteiger partial charge in [-0.1, -0.05) is 0 Å². The molecule has 2 saturated heterocycles. The van der Waals surface area contributed by atoms with E-state index in [9.17, 15) is 9.90 Å². The number of carboxylic acids is 1. The van der Waals surface area contributed by atoms with E-state index in [0.717, 1.165) is 26.1 Å². The van der Waals surface area contributed by atoms with Gasteiger partial charge in [-0.25, -0.2) is 4.79 Å². The van der Waals surface area contributed by atoms with E-state index in [4.69, 9.17) is 5.11 Å². The fourth-order valence-electron chi connectivity index (χ4n) is 2.93. The van der Waals surface area contributed by atoms with E-state index in [1.807, 2.05) is 0 Å². The van der Waals surface area contributed by atoms with Crippen LogP contribution in [0.3, 0.4) is 0 Å². The number of carbonyl (C=O) groups is 1. The summed E-state index contributed by atoms with van der Waals surface area (Å²) in [4.78, 5) is 15.5. The zero-order valence-corrected chi connectivity index (χ0v) is 10.4. The molecule has 2 aliphatic heterocycles. The third kappa shape index (κ3) is 2.97. The van der Waals surface area contributed by atoms with Crippen molar-refractivity contribution in [2.75, 3.05) is 32.7 Å². The summed E-state index contributed by atoms with van der Waals surface area (Å²) < 4.78 is 0. The SMILES string of the molecule is CC(O)(CN1CCCN2CCCC2C1)C(=O)O. The molecule has 0 aromatic rings. The van der Waals surface area contributed by atoms with Crippen molar-refractivity contribution in [3.8, 4) is 0 Å². The highest BCUT2D eigenvalue weighted by atomic mass is 16.4. The Morgan fingerprint density at radius 1 is 1.35 bits per heavy atom. The van der Waals surface area contributed by atoms with Crippen LogP contribution in [0, 0.1) is 0 Å². The predicted octanol–water partition coefficient (Wildman–Crippen LogP) is -0.00790. The van der Waals surface area contributed by atoms with Gasteiger partial charge in [-0.2, -0.15) is 0 Å². The van der Waals surface area contributed by atoms with Gasteiger partial charge in [0.15, 0.2) is 5.60 Å². The Morgan fingerprint density at radius 3 is 2.76 bits per heavy atom. The van der Waals surface area contributed by atoms with Gasteiger partial charge in [0.2, 0.25) is 0 Å². The predicted molar refractivity (Wildman–Crippen MR) is 63.9 cm³/mol. The van der Waals surface area contributed by atoms with Crippen molar-refractivity contribution in [1.29, 1.82) is 0 Å². The molecule has 0 bridgehead atoms. The van der Waals surface area contributed by atoms with E-state index < -0.39 is 11.6 Å². The maximum absolute atomic E-state index is 10.9. The van der Waals surface area contributed by atoms with Crippen LogP contribution >= 0.6 is 0 Å². The number of carboxylic acid groups (broad SMARTS) is 1. The maximum atomic E-state index is 10.9. The Hall–Kier alpha value is -0.650. The van der Waals surface area contributed by atoms with Crippen LogP contribution in [0.1, 0.15) is 26.2 Å². The molecule has 2 fully saturated rings. The number of nitrogens with zero attached hydrogens (tertiary/aromatic N) is 2. The summed E-state index contributed by atoms with van der Waals surface area (Å²) in [5, 5.41) is 18.8. The minimum Gasteiger partial charge on any atom is -0.479 e. The lowest BCUT2D eigenvalue weighted by atomic mass is 10.1. The first-order valence-corrected chi connectivity index (χ1v) is 6.41. The standard InChI is InChI=1S/C12H22N2O3/c1-12(17,11(15)16)9-13-5-3-7-14-6-2-4-10(14)8-13/h10,17H,2-9H2,1H3,(H,15,16). The molecule has 2 aliphatic rings. The van der Waals surface area contributed by atoms with Crippen molar-refractivity contribution in [2.24, 2.45) is 0 Å². The fourth-order valence-corrected chi connectivity index (χ4v) is 2.93. The van der Waals surface area contributed by atoms with E-state index in [-0.39, 0.29) is 6.54 Å². The van der Waals surface area contributed by atoms with Crippen LogP contribution < -0.4 is 0 Å². The number of aliphatic carboxylic acids is 1. The minimum absolute atomic E-state index is 0.229. The fraction of sp³-hybridized carbons (Fsp3) is 0.917. The lowest BCUT2D eigenvalue weighted by Gasteiger charge is -2.30. The average molecular weight is 242 g/mol. The summed E-state index contributed by atoms with van der Waals surface area (Å²) in [5.74, 6) is -1.13. The molecule has 0 aliphatic carbocycles. The van der Waals surface area contributed by atoms with Crippen molar-refractivity contribution in [1.82, 2.24) is 9.80 Å². The number of β-amino-alcohol motifs (C(OH)–C–C–N with tert-alkyl or cyclic N) is 1. The molecule has 98 valence electrons. The van der Waals surface area contributed by atoms with E-state index in [1.54, 1.807) is 0 Å². The highest BCUT2D eigenvalue weighted by Gasteiger charge is 2.35. The summed E-state index contributed by atoms with van der Waals surface area (Å²) >= 11 is 0. The molecule has 5 heteroatoms. The highest BCUT2D eigenvalue weighted by molar-refractivity contribution is 5.76. The smallest absolute Gasteiger partial charge is 0.336 e. The summed E-state index contributed by atoms with van der Waals surface area (Å²) in [6.07, 6.45) is 3.51. The molecule has 17 heavy (non-hydrogen) atoms. The van der Waals surface area contributed by atoms with E-state index in [2.05, 4.69) is 9.80 Å². The molecule has 0 saturated carbocycles. The van der Waals surface area contributed by atoms with Gasteiger partial charge in [-0.05, 0) is 45.8 Å². The van der Waals surface area contributed by atoms with Crippen LogP contribution in [0.2, 0.25) is 0 Å². The molecule has 0 amide bonds. The van der Waals surface area contributed by atoms with Gasteiger partial charge in [0.05, 0.1) is 0 Å². The molecular weight excluding hydrogens is 220 g/mol. The van der Waals surface area contributed by atoms with Crippen molar-refractivity contribution in [2.45, 2.75) is 37.8 Å². The van der Waals surface area contributed by atoms with Crippen molar-refractivity contribution in [3.05, 3.63) is 0 Å². The van der Waals surface area contributed by atoms with Gasteiger partial charge < -0.3 is 10.2 Å². The third-order valence-corrected chi connectivity index (χ3v) is 3.88. The second-order valence-corrected chi connectivity index (χ2v) is 5.50. The average Bonchev–Trinajstić information content (AvgIpc) is 2.57. The number of hydrogen-bond donors (Lipinski definition) is 2. The van der Waals surface area contributed by atoms with E-state index in [0.29, 0.717) is 6.04 Å². The molecule has 0 radical (unpaired) electrons. The first-order valence-electron chi connectivity index (χ1n) is 6.41. The van der Waals surface area contributed by atoms with Crippen molar-refractivity contribution >= 4 is 5.97 Å². The normalized spacial score (nSPS) is 30.6. The van der Waals surface area contributed by atoms with Crippen LogP contribution in [-0.4, -0.2) is 70.3 Å². The second-order valence-electron chi connectivity index (χ2n) is 5.50. The molecule has 2 heterocycles. The summed E-state index contributed by atoms with van der Waals surface area (Å²) in [7, 11) is 0. The van der Waals surface area contributed by atoms with Gasteiger partial charge in [0, 0.05) is 19.1 Å². The Bertz CT molecular complexity index is 293. The zero-order valence-electron chi connectivity index (χ0n) is 10.4. The molecular formula is C12H22N2O3. The summed E-state index contributed by atoms with van der Waals surface area (Å²) in [5.41, 5.74) is -1.63. The molecule has 2 unspecified atom stereocenters. The zero-order chi connectivity index (χ0) is 12.5. The monoisotopic (exact) mass is 242 g/mol. The number of hydrogen-bond acceptors (Lipinski definition) is 4. The highest BCUT2D eigenvalue weighted by Crippen LogP contribution is 2.22. The first kappa shape index (κ1) is 12.8. The molecule has 5 nitrogen and oxygen atoms in total. The lowest BCUT2D eigenvalue weighted by molar-refractivity contribution is -0.158. The van der Waals surface area contributed by atoms with Crippen molar-refractivity contribution in [3.63, 3.8) is 0 Å². The summed E-state index contributed by atoms with van der Waals surface area (Å²) in [6, 6.07) is 0.557.